The Bertz CT molecular complexity index is 556. The summed E-state index contributed by atoms with van der Waals surface area (Å²) in [5.41, 5.74) is 0. The van der Waals surface area contributed by atoms with Crippen molar-refractivity contribution in [2.45, 2.75) is 61.4 Å². The predicted molar refractivity (Wildman–Crippen MR) is 84.1 cm³/mol. The van der Waals surface area contributed by atoms with Crippen molar-refractivity contribution < 1.29 is 63.5 Å². The summed E-state index contributed by atoms with van der Waals surface area (Å²) in [4.78, 5) is 23.0. The van der Waals surface area contributed by atoms with Crippen LogP contribution in [0.1, 0.15) is 0 Å². The topological polar surface area (TPSA) is 191 Å². The summed E-state index contributed by atoms with van der Waals surface area (Å²) in [6, 6.07) is 0. The van der Waals surface area contributed by atoms with Gasteiger partial charge in [-0.1, -0.05) is 0 Å². The lowest BCUT2D eigenvalue weighted by Crippen LogP contribution is -2.66. The van der Waals surface area contributed by atoms with Crippen LogP contribution in [0.3, 0.4) is 0 Å². The highest BCUT2D eigenvalue weighted by molar-refractivity contribution is 5.74. The number of rotatable bonds is 7. The van der Waals surface area contributed by atoms with E-state index in [0.29, 0.717) is 0 Å². The second kappa shape index (κ2) is 9.39. The molecule has 0 spiro atoms. The lowest BCUT2D eigenvalue weighted by molar-refractivity contribution is -0.351. The Morgan fingerprint density at radius 2 is 1.18 bits per heavy atom. The maximum Gasteiger partial charge on any atom is 0.335 e. The quantitative estimate of drug-likeness (QED) is 0.280. The molecule has 2 fully saturated rings. The fourth-order valence-electron chi connectivity index (χ4n) is 3.21. The van der Waals surface area contributed by atoms with E-state index in [1.807, 2.05) is 0 Å². The molecule has 162 valence electrons. The predicted octanol–water partition coefficient (Wildman–Crippen LogP) is -3.25. The van der Waals surface area contributed by atoms with Gasteiger partial charge in [-0.25, -0.2) is 9.59 Å². The zero-order valence-corrected chi connectivity index (χ0v) is 15.3. The molecule has 10 atom stereocenters. The molecular formula is C15H24O13. The zero-order valence-electron chi connectivity index (χ0n) is 15.3. The average Bonchev–Trinajstić information content (AvgIpc) is 2.65. The van der Waals surface area contributed by atoms with Crippen LogP contribution < -0.4 is 0 Å². The van der Waals surface area contributed by atoms with Gasteiger partial charge in [0.2, 0.25) is 0 Å². The first-order valence-electron chi connectivity index (χ1n) is 8.22. The Kier molecular flexibility index (Phi) is 7.66. The van der Waals surface area contributed by atoms with Crippen LogP contribution in [0.2, 0.25) is 0 Å². The van der Waals surface area contributed by atoms with Crippen LogP contribution in [0.5, 0.6) is 0 Å². The molecule has 0 aromatic rings. The van der Waals surface area contributed by atoms with E-state index in [1.165, 1.54) is 14.2 Å². The largest absolute Gasteiger partial charge is 0.479 e. The molecule has 0 saturated carbocycles. The Morgan fingerprint density at radius 1 is 0.679 bits per heavy atom. The number of hydrogen-bond acceptors (Lipinski definition) is 11. The van der Waals surface area contributed by atoms with Crippen LogP contribution in [0.25, 0.3) is 0 Å². The molecule has 2 aliphatic heterocycles. The molecule has 0 bridgehead atoms. The first-order chi connectivity index (χ1) is 13.2. The highest BCUT2D eigenvalue weighted by Gasteiger charge is 2.54. The van der Waals surface area contributed by atoms with E-state index in [2.05, 4.69) is 0 Å². The monoisotopic (exact) mass is 412 g/mol. The molecule has 0 radical (unpaired) electrons. The highest BCUT2D eigenvalue weighted by Crippen LogP contribution is 2.31. The van der Waals surface area contributed by atoms with Gasteiger partial charge in [0.05, 0.1) is 0 Å². The van der Waals surface area contributed by atoms with Crippen LogP contribution in [-0.2, 0) is 38.0 Å². The van der Waals surface area contributed by atoms with Crippen molar-refractivity contribution in [2.24, 2.45) is 0 Å². The van der Waals surface area contributed by atoms with Crippen LogP contribution in [0, 0.1) is 0 Å². The van der Waals surface area contributed by atoms with Gasteiger partial charge in [0.25, 0.3) is 0 Å². The van der Waals surface area contributed by atoms with Gasteiger partial charge in [-0.3, -0.25) is 0 Å². The van der Waals surface area contributed by atoms with Gasteiger partial charge in [-0.15, -0.1) is 0 Å². The van der Waals surface area contributed by atoms with E-state index in [9.17, 15) is 35.1 Å². The lowest BCUT2D eigenvalue weighted by Gasteiger charge is -2.45. The number of methoxy groups -OCH3 is 3. The summed E-state index contributed by atoms with van der Waals surface area (Å²) in [6.07, 6.45) is -15.7. The summed E-state index contributed by atoms with van der Waals surface area (Å²) in [5, 5.41) is 49.3. The minimum Gasteiger partial charge on any atom is -0.479 e. The summed E-state index contributed by atoms with van der Waals surface area (Å²) < 4.78 is 30.6. The molecule has 2 rings (SSSR count). The van der Waals surface area contributed by atoms with Crippen molar-refractivity contribution in [3.05, 3.63) is 0 Å². The van der Waals surface area contributed by atoms with Crippen molar-refractivity contribution in [1.82, 2.24) is 0 Å². The van der Waals surface area contributed by atoms with E-state index in [1.54, 1.807) is 0 Å². The van der Waals surface area contributed by atoms with E-state index < -0.39 is 73.4 Å². The molecule has 0 aromatic heterocycles. The van der Waals surface area contributed by atoms with Gasteiger partial charge < -0.3 is 54.0 Å². The van der Waals surface area contributed by atoms with E-state index in [0.717, 1.165) is 7.11 Å². The van der Waals surface area contributed by atoms with Crippen molar-refractivity contribution in [3.8, 4) is 0 Å². The molecule has 2 aliphatic rings. The van der Waals surface area contributed by atoms with Gasteiger partial charge in [0, 0.05) is 21.3 Å². The standard InChI is InChI=1S/C15H24O13/c1-23-7-4(16)5(17)15(28-10(7)12(19)20)26-9-8(24-2)6(18)14(25-3)27-11(9)13(21)22/h4-11,14-18H,1-3H3,(H,19,20)(H,21,22)/t4?,5?,6-,7+,8+,9?,10-,11?,14?,15-/m0/s1. The van der Waals surface area contributed by atoms with E-state index in [4.69, 9.17) is 28.4 Å². The molecule has 28 heavy (non-hydrogen) atoms. The minimum atomic E-state index is -1.79. The number of carboxylic acids is 2. The summed E-state index contributed by atoms with van der Waals surface area (Å²) >= 11 is 0. The Balaban J connectivity index is 2.28. The summed E-state index contributed by atoms with van der Waals surface area (Å²) in [6.45, 7) is 0. The number of carboxylic acid groups (broad SMARTS) is 2. The molecule has 5 N–H and O–H groups in total. The molecule has 13 nitrogen and oxygen atoms in total. The van der Waals surface area contributed by atoms with Crippen LogP contribution in [-0.4, -0.2) is 120 Å². The highest BCUT2D eigenvalue weighted by atomic mass is 16.7. The number of aliphatic carboxylic acids is 2. The zero-order chi connectivity index (χ0) is 21.2. The maximum atomic E-state index is 11.6. The fraction of sp³-hybridized carbons (Fsp3) is 0.867. The first-order valence-corrected chi connectivity index (χ1v) is 8.22. The molecule has 0 aromatic carbocycles. The van der Waals surface area contributed by atoms with Gasteiger partial charge in [-0.05, 0) is 0 Å². The Hall–Kier alpha value is -1.42. The molecular weight excluding hydrogens is 388 g/mol. The van der Waals surface area contributed by atoms with Crippen LogP contribution >= 0.6 is 0 Å². The smallest absolute Gasteiger partial charge is 0.335 e. The first kappa shape index (κ1) is 22.9. The van der Waals surface area contributed by atoms with Crippen molar-refractivity contribution >= 4 is 11.9 Å². The van der Waals surface area contributed by atoms with Gasteiger partial charge in [0.15, 0.2) is 24.8 Å². The third-order valence-corrected chi connectivity index (χ3v) is 4.62. The molecule has 0 amide bonds. The van der Waals surface area contributed by atoms with Crippen LogP contribution in [0.4, 0.5) is 0 Å². The normalized spacial score (nSPS) is 44.2. The molecule has 13 heteroatoms. The molecule has 0 aliphatic carbocycles. The molecule has 2 saturated heterocycles. The second-order valence-corrected chi connectivity index (χ2v) is 6.24. The van der Waals surface area contributed by atoms with Gasteiger partial charge in [0.1, 0.15) is 36.6 Å². The third-order valence-electron chi connectivity index (χ3n) is 4.62. The van der Waals surface area contributed by atoms with E-state index in [-0.39, 0.29) is 0 Å². The van der Waals surface area contributed by atoms with Gasteiger partial charge in [-0.2, -0.15) is 0 Å². The molecule has 2 heterocycles. The number of aliphatic hydroxyl groups excluding tert-OH is 3. The summed E-state index contributed by atoms with van der Waals surface area (Å²) in [5.74, 6) is -2.99. The number of carbonyl (C=O) groups is 2. The number of hydrogen-bond donors (Lipinski definition) is 5. The van der Waals surface area contributed by atoms with Crippen molar-refractivity contribution in [2.75, 3.05) is 21.3 Å². The van der Waals surface area contributed by atoms with E-state index >= 15 is 0 Å². The average molecular weight is 412 g/mol. The maximum absolute atomic E-state index is 11.6. The van der Waals surface area contributed by atoms with Crippen molar-refractivity contribution in [1.29, 1.82) is 0 Å². The summed E-state index contributed by atoms with van der Waals surface area (Å²) in [7, 11) is 3.49. The number of ether oxygens (including phenoxy) is 6. The molecule has 5 unspecified atom stereocenters. The lowest BCUT2D eigenvalue weighted by atomic mass is 9.96. The van der Waals surface area contributed by atoms with Crippen molar-refractivity contribution in [3.63, 3.8) is 0 Å². The SMILES string of the molecule is COC1OC(C(=O)O)C(O[C@H]2O[C@H](C(=O)O)[C@H](OC)C(O)C2O)[C@H](OC)[C@@H]1O. The third kappa shape index (κ3) is 4.27. The Labute approximate surface area is 159 Å². The van der Waals surface area contributed by atoms with Gasteiger partial charge >= 0.3 is 11.9 Å². The second-order valence-electron chi connectivity index (χ2n) is 6.24. The fourth-order valence-corrected chi connectivity index (χ4v) is 3.21. The Morgan fingerprint density at radius 3 is 1.64 bits per heavy atom. The number of aliphatic hydroxyl groups is 3. The minimum absolute atomic E-state index is 1.12. The van der Waals surface area contributed by atoms with Crippen LogP contribution in [0.15, 0.2) is 0 Å².